The third kappa shape index (κ3) is 2.17. The number of fused-ring (bicyclic) bond motifs is 1. The molecule has 2 fully saturated rings. The molecule has 0 spiro atoms. The lowest BCUT2D eigenvalue weighted by Crippen LogP contribution is -2.46. The van der Waals surface area contributed by atoms with E-state index < -0.39 is 10.0 Å². The van der Waals surface area contributed by atoms with Gasteiger partial charge in [0.05, 0.1) is 6.20 Å². The molecular formula is C11H18N4O2S. The number of aromatic nitrogens is 2. The number of rotatable bonds is 3. The molecule has 1 aromatic rings. The number of nitrogens with zero attached hydrogens (tertiary/aromatic N) is 2. The Hall–Kier alpha value is -0.920. The first-order chi connectivity index (χ1) is 8.67. The van der Waals surface area contributed by atoms with Crippen molar-refractivity contribution in [2.45, 2.75) is 42.7 Å². The van der Waals surface area contributed by atoms with Crippen molar-refractivity contribution >= 4 is 10.0 Å². The highest BCUT2D eigenvalue weighted by Gasteiger charge is 2.37. The molecule has 0 bridgehead atoms. The van der Waals surface area contributed by atoms with Crippen LogP contribution in [0.3, 0.4) is 0 Å². The lowest BCUT2D eigenvalue weighted by Gasteiger charge is -2.32. The summed E-state index contributed by atoms with van der Waals surface area (Å²) in [6, 6.07) is 0.422. The van der Waals surface area contributed by atoms with Crippen LogP contribution in [0.25, 0.3) is 0 Å². The maximum absolute atomic E-state index is 12.1. The minimum absolute atomic E-state index is 0.0465. The lowest BCUT2D eigenvalue weighted by molar-refractivity contribution is 0.186. The van der Waals surface area contributed by atoms with Gasteiger partial charge < -0.3 is 0 Å². The standard InChI is InChI=1S/C11H18N4O2S/c16-18(17,9-7-12-13-8-9)14-10-4-6-15-5-2-1-3-11(10)15/h7-8,10-11,14H,1-6H2,(H,12,13). The normalized spacial score (nSPS) is 29.3. The van der Waals surface area contributed by atoms with Crippen LogP contribution in [0.15, 0.2) is 17.3 Å². The van der Waals surface area contributed by atoms with Gasteiger partial charge in [0.1, 0.15) is 4.90 Å². The van der Waals surface area contributed by atoms with Crippen molar-refractivity contribution in [1.29, 1.82) is 0 Å². The Kier molecular flexibility index (Phi) is 3.13. The van der Waals surface area contributed by atoms with E-state index in [1.54, 1.807) is 0 Å². The number of aromatic amines is 1. The molecule has 2 aliphatic rings. The minimum Gasteiger partial charge on any atom is -0.299 e. The van der Waals surface area contributed by atoms with Crippen LogP contribution in [0.1, 0.15) is 25.7 Å². The van der Waals surface area contributed by atoms with Gasteiger partial charge in [-0.2, -0.15) is 5.10 Å². The molecule has 2 N–H and O–H groups in total. The molecular weight excluding hydrogens is 252 g/mol. The van der Waals surface area contributed by atoms with Crippen molar-refractivity contribution in [3.8, 4) is 0 Å². The molecule has 100 valence electrons. The van der Waals surface area contributed by atoms with Crippen LogP contribution < -0.4 is 4.72 Å². The van der Waals surface area contributed by atoms with E-state index in [1.807, 2.05) is 0 Å². The largest absolute Gasteiger partial charge is 0.299 e. The van der Waals surface area contributed by atoms with E-state index in [-0.39, 0.29) is 10.9 Å². The second kappa shape index (κ2) is 4.64. The second-order valence-corrected chi connectivity index (χ2v) is 6.76. The summed E-state index contributed by atoms with van der Waals surface area (Å²) in [5.41, 5.74) is 0. The highest BCUT2D eigenvalue weighted by atomic mass is 32.2. The zero-order valence-corrected chi connectivity index (χ0v) is 11.0. The van der Waals surface area contributed by atoms with Crippen LogP contribution in [0.2, 0.25) is 0 Å². The summed E-state index contributed by atoms with van der Waals surface area (Å²) in [6.07, 6.45) is 7.19. The van der Waals surface area contributed by atoms with E-state index in [1.165, 1.54) is 25.2 Å². The van der Waals surface area contributed by atoms with Gasteiger partial charge in [-0.15, -0.1) is 0 Å². The molecule has 2 saturated heterocycles. The Morgan fingerprint density at radius 1 is 1.33 bits per heavy atom. The molecule has 3 rings (SSSR count). The smallest absolute Gasteiger partial charge is 0.243 e. The third-order valence-electron chi connectivity index (χ3n) is 3.95. The molecule has 2 unspecified atom stereocenters. The summed E-state index contributed by atoms with van der Waals surface area (Å²) in [4.78, 5) is 2.63. The van der Waals surface area contributed by atoms with Crippen LogP contribution in [0, 0.1) is 0 Å². The Morgan fingerprint density at radius 2 is 2.22 bits per heavy atom. The molecule has 18 heavy (non-hydrogen) atoms. The molecule has 0 amide bonds. The van der Waals surface area contributed by atoms with Crippen molar-refractivity contribution < 1.29 is 8.42 Å². The maximum atomic E-state index is 12.1. The number of nitrogens with one attached hydrogen (secondary N) is 2. The van der Waals surface area contributed by atoms with Crippen LogP contribution in [-0.2, 0) is 10.0 Å². The molecule has 0 radical (unpaired) electrons. The zero-order chi connectivity index (χ0) is 12.6. The van der Waals surface area contributed by atoms with Gasteiger partial charge in [0.2, 0.25) is 10.0 Å². The highest BCUT2D eigenvalue weighted by Crippen LogP contribution is 2.28. The molecule has 0 aromatic carbocycles. The number of sulfonamides is 1. The van der Waals surface area contributed by atoms with E-state index in [9.17, 15) is 8.42 Å². The van der Waals surface area contributed by atoms with Gasteiger partial charge in [-0.05, 0) is 25.8 Å². The Balaban J connectivity index is 1.73. The third-order valence-corrected chi connectivity index (χ3v) is 5.40. The van der Waals surface area contributed by atoms with E-state index in [0.717, 1.165) is 25.9 Å². The van der Waals surface area contributed by atoms with Crippen molar-refractivity contribution in [1.82, 2.24) is 19.8 Å². The van der Waals surface area contributed by atoms with Crippen LogP contribution >= 0.6 is 0 Å². The van der Waals surface area contributed by atoms with Gasteiger partial charge in [0, 0.05) is 24.8 Å². The predicted molar refractivity (Wildman–Crippen MR) is 66.5 cm³/mol. The second-order valence-electron chi connectivity index (χ2n) is 5.05. The monoisotopic (exact) mass is 270 g/mol. The Labute approximate surface area is 107 Å². The zero-order valence-electron chi connectivity index (χ0n) is 10.2. The fraction of sp³-hybridized carbons (Fsp3) is 0.727. The first-order valence-corrected chi connectivity index (χ1v) is 7.90. The molecule has 6 nitrogen and oxygen atoms in total. The van der Waals surface area contributed by atoms with E-state index in [4.69, 9.17) is 0 Å². The van der Waals surface area contributed by atoms with Crippen molar-refractivity contribution in [2.75, 3.05) is 13.1 Å². The van der Waals surface area contributed by atoms with Crippen molar-refractivity contribution in [3.63, 3.8) is 0 Å². The number of hydrogen-bond acceptors (Lipinski definition) is 4. The topological polar surface area (TPSA) is 78.1 Å². The summed E-state index contributed by atoms with van der Waals surface area (Å²) in [6.45, 7) is 2.11. The van der Waals surface area contributed by atoms with Crippen LogP contribution in [0.5, 0.6) is 0 Å². The molecule has 2 aliphatic heterocycles. The summed E-state index contributed by atoms with van der Waals surface area (Å²) in [5.74, 6) is 0. The SMILES string of the molecule is O=S(=O)(NC1CCN2CCCCC12)c1cn[nH]c1. The van der Waals surface area contributed by atoms with Crippen LogP contribution in [-0.4, -0.2) is 48.7 Å². The van der Waals surface area contributed by atoms with Gasteiger partial charge in [-0.1, -0.05) is 6.42 Å². The molecule has 3 heterocycles. The molecule has 7 heteroatoms. The quantitative estimate of drug-likeness (QED) is 0.829. The minimum atomic E-state index is -3.42. The van der Waals surface area contributed by atoms with E-state index in [0.29, 0.717) is 6.04 Å². The predicted octanol–water partition coefficient (Wildman–Crippen LogP) is 0.315. The Morgan fingerprint density at radius 3 is 3.00 bits per heavy atom. The summed E-state index contributed by atoms with van der Waals surface area (Å²) in [5, 5.41) is 6.23. The summed E-state index contributed by atoms with van der Waals surface area (Å²) < 4.78 is 27.1. The average molecular weight is 270 g/mol. The number of H-pyrrole nitrogens is 1. The van der Waals surface area contributed by atoms with E-state index in [2.05, 4.69) is 19.8 Å². The van der Waals surface area contributed by atoms with Crippen molar-refractivity contribution in [2.24, 2.45) is 0 Å². The van der Waals surface area contributed by atoms with Crippen molar-refractivity contribution in [3.05, 3.63) is 12.4 Å². The fourth-order valence-corrected chi connectivity index (χ4v) is 4.25. The first kappa shape index (κ1) is 12.1. The van der Waals surface area contributed by atoms with Gasteiger partial charge in [-0.3, -0.25) is 10.00 Å². The number of hydrogen-bond donors (Lipinski definition) is 2. The average Bonchev–Trinajstić information content (AvgIpc) is 2.99. The van der Waals surface area contributed by atoms with Gasteiger partial charge >= 0.3 is 0 Å². The highest BCUT2D eigenvalue weighted by molar-refractivity contribution is 7.89. The van der Waals surface area contributed by atoms with Gasteiger partial charge in [0.25, 0.3) is 0 Å². The Bertz CT molecular complexity index is 499. The molecule has 1 aromatic heterocycles. The molecule has 0 saturated carbocycles. The first-order valence-electron chi connectivity index (χ1n) is 6.42. The lowest BCUT2D eigenvalue weighted by atomic mass is 10.00. The van der Waals surface area contributed by atoms with Gasteiger partial charge in [-0.25, -0.2) is 13.1 Å². The van der Waals surface area contributed by atoms with Gasteiger partial charge in [0.15, 0.2) is 0 Å². The fourth-order valence-electron chi connectivity index (χ4n) is 3.04. The maximum Gasteiger partial charge on any atom is 0.243 e. The number of piperidine rings is 1. The van der Waals surface area contributed by atoms with E-state index >= 15 is 0 Å². The summed E-state index contributed by atoms with van der Waals surface area (Å²) >= 11 is 0. The molecule has 2 atom stereocenters. The molecule has 0 aliphatic carbocycles. The summed E-state index contributed by atoms with van der Waals surface area (Å²) in [7, 11) is -3.42. The van der Waals surface area contributed by atoms with Crippen LogP contribution in [0.4, 0.5) is 0 Å².